The molecule has 1 aliphatic heterocycles. The second kappa shape index (κ2) is 16.7. The lowest BCUT2D eigenvalue weighted by molar-refractivity contribution is -0.151. The van der Waals surface area contributed by atoms with Crippen LogP contribution in [-0.2, 0) is 33.5 Å². The van der Waals surface area contributed by atoms with E-state index >= 15 is 0 Å². The number of aliphatic hydroxyl groups excluding tert-OH is 1. The van der Waals surface area contributed by atoms with Gasteiger partial charge in [0.2, 0.25) is 21.7 Å². The van der Waals surface area contributed by atoms with Crippen LogP contribution in [0.5, 0.6) is 0 Å². The molecule has 0 fully saturated rings. The van der Waals surface area contributed by atoms with Crippen molar-refractivity contribution >= 4 is 30.3 Å². The zero-order valence-corrected chi connectivity index (χ0v) is 26.2. The Balaban J connectivity index is 2.62. The van der Waals surface area contributed by atoms with Gasteiger partial charge in [-0.25, -0.2) is 17.9 Å². The predicted molar refractivity (Wildman–Crippen MR) is 151 cm³/mol. The maximum absolute atomic E-state index is 13.0. The zero-order valence-electron chi connectivity index (χ0n) is 24.3. The Morgan fingerprint density at radius 1 is 1.11 bits per heavy atom. The summed E-state index contributed by atoms with van der Waals surface area (Å²) in [5, 5.41) is 9.65. The molecule has 0 aliphatic carbocycles. The van der Waals surface area contributed by atoms with Gasteiger partial charge < -0.3 is 19.0 Å². The summed E-state index contributed by atoms with van der Waals surface area (Å²) >= 11 is 0. The van der Waals surface area contributed by atoms with Crippen molar-refractivity contribution in [2.45, 2.75) is 135 Å². The van der Waals surface area contributed by atoms with Gasteiger partial charge in [0.15, 0.2) is 8.32 Å². The first-order valence-electron chi connectivity index (χ1n) is 14.1. The van der Waals surface area contributed by atoms with Gasteiger partial charge in [0.1, 0.15) is 0 Å². The number of carbonyl (C=O) groups is 2. The van der Waals surface area contributed by atoms with Gasteiger partial charge in [-0.3, -0.25) is 4.79 Å². The molecule has 222 valence electrons. The Labute approximate surface area is 231 Å². The quantitative estimate of drug-likeness (QED) is 0.113. The van der Waals surface area contributed by atoms with E-state index in [2.05, 4.69) is 50.2 Å². The van der Waals surface area contributed by atoms with E-state index in [1.807, 2.05) is 0 Å². The maximum Gasteiger partial charge on any atom is 0.333 e. The standard InChI is InChI=1S/C27H51NO8SSi/c1-7-8-9-10-11-12-13-14-15-16-23(29)35-25(18-20-34-38(5,6)27(2,3)4)37(32,33)28-19-17-22-21-24(30)36-26(22)31/h21,25-26,28,31H,7-20H2,1-6H3. The van der Waals surface area contributed by atoms with Crippen LogP contribution in [-0.4, -0.2) is 58.7 Å². The molecule has 0 aromatic heterocycles. The average molecular weight is 578 g/mol. The van der Waals surface area contributed by atoms with Crippen LogP contribution in [0.3, 0.4) is 0 Å². The summed E-state index contributed by atoms with van der Waals surface area (Å²) in [6, 6.07) is 0. The fourth-order valence-corrected chi connectivity index (χ4v) is 6.03. The van der Waals surface area contributed by atoms with Gasteiger partial charge in [-0.1, -0.05) is 79.1 Å². The molecule has 9 nitrogen and oxygen atoms in total. The highest BCUT2D eigenvalue weighted by molar-refractivity contribution is 7.90. The van der Waals surface area contributed by atoms with Crippen molar-refractivity contribution < 1.29 is 37.0 Å². The second-order valence-corrected chi connectivity index (χ2v) is 18.3. The molecule has 1 aliphatic rings. The number of ether oxygens (including phenoxy) is 2. The minimum atomic E-state index is -4.04. The largest absolute Gasteiger partial charge is 0.444 e. The minimum absolute atomic E-state index is 0.0122. The molecule has 0 amide bonds. The van der Waals surface area contributed by atoms with Crippen molar-refractivity contribution in [3.05, 3.63) is 11.6 Å². The number of cyclic esters (lactones) is 1. The molecule has 0 saturated carbocycles. The van der Waals surface area contributed by atoms with Gasteiger partial charge in [-0.05, 0) is 31.0 Å². The lowest BCUT2D eigenvalue weighted by atomic mass is 10.1. The average Bonchev–Trinajstić information content (AvgIpc) is 3.13. The van der Waals surface area contributed by atoms with E-state index in [0.29, 0.717) is 6.42 Å². The molecule has 0 aromatic carbocycles. The maximum atomic E-state index is 13.0. The van der Waals surface area contributed by atoms with E-state index in [-0.39, 0.29) is 43.0 Å². The molecule has 0 spiro atoms. The lowest BCUT2D eigenvalue weighted by Crippen LogP contribution is -2.43. The topological polar surface area (TPSA) is 128 Å². The van der Waals surface area contributed by atoms with Crippen molar-refractivity contribution in [1.82, 2.24) is 4.72 Å². The molecule has 1 heterocycles. The molecule has 1 rings (SSSR count). The molecule has 0 saturated heterocycles. The Morgan fingerprint density at radius 3 is 2.21 bits per heavy atom. The lowest BCUT2D eigenvalue weighted by Gasteiger charge is -2.36. The van der Waals surface area contributed by atoms with Crippen LogP contribution in [0.1, 0.15) is 105 Å². The molecule has 0 bridgehead atoms. The zero-order chi connectivity index (χ0) is 28.8. The van der Waals surface area contributed by atoms with Crippen molar-refractivity contribution in [1.29, 1.82) is 0 Å². The predicted octanol–water partition coefficient (Wildman–Crippen LogP) is 5.30. The summed E-state index contributed by atoms with van der Waals surface area (Å²) in [5.74, 6) is -1.20. The molecular weight excluding hydrogens is 526 g/mol. The highest BCUT2D eigenvalue weighted by atomic mass is 32.2. The van der Waals surface area contributed by atoms with Crippen LogP contribution in [0.4, 0.5) is 0 Å². The first kappa shape index (κ1) is 34.8. The van der Waals surface area contributed by atoms with E-state index in [9.17, 15) is 23.1 Å². The monoisotopic (exact) mass is 577 g/mol. The van der Waals surface area contributed by atoms with E-state index in [1.54, 1.807) is 0 Å². The summed E-state index contributed by atoms with van der Waals surface area (Å²) in [5.41, 5.74) is -1.10. The summed E-state index contributed by atoms with van der Waals surface area (Å²) in [6.07, 6.45) is 10.1. The number of unbranched alkanes of at least 4 members (excludes halogenated alkanes) is 8. The van der Waals surface area contributed by atoms with E-state index in [1.165, 1.54) is 32.1 Å². The van der Waals surface area contributed by atoms with Gasteiger partial charge in [0, 0.05) is 37.6 Å². The summed E-state index contributed by atoms with van der Waals surface area (Å²) in [6.45, 7) is 12.7. The summed E-state index contributed by atoms with van der Waals surface area (Å²) in [4.78, 5) is 23.8. The number of nitrogens with one attached hydrogen (secondary N) is 1. The smallest absolute Gasteiger partial charge is 0.333 e. The van der Waals surface area contributed by atoms with Gasteiger partial charge >= 0.3 is 11.9 Å². The number of hydrogen-bond acceptors (Lipinski definition) is 8. The molecule has 2 atom stereocenters. The molecular formula is C27H51NO8SSi. The summed E-state index contributed by atoms with van der Waals surface area (Å²) in [7, 11) is -6.15. The van der Waals surface area contributed by atoms with Crippen LogP contribution in [0.2, 0.25) is 18.1 Å². The third kappa shape index (κ3) is 13.2. The fourth-order valence-electron chi connectivity index (χ4n) is 3.76. The molecule has 0 aromatic rings. The van der Waals surface area contributed by atoms with Crippen LogP contribution in [0.25, 0.3) is 0 Å². The Hall–Kier alpha value is -1.27. The Kier molecular flexibility index (Phi) is 15.3. The normalized spacial score (nSPS) is 17.3. The van der Waals surface area contributed by atoms with Crippen molar-refractivity contribution in [2.75, 3.05) is 13.2 Å². The van der Waals surface area contributed by atoms with E-state index in [4.69, 9.17) is 9.16 Å². The molecule has 2 unspecified atom stereocenters. The number of hydrogen-bond donors (Lipinski definition) is 2. The Bertz CT molecular complexity index is 867. The van der Waals surface area contributed by atoms with Crippen molar-refractivity contribution in [3.8, 4) is 0 Å². The second-order valence-electron chi connectivity index (χ2n) is 11.6. The van der Waals surface area contributed by atoms with Gasteiger partial charge in [0.25, 0.3) is 0 Å². The molecule has 38 heavy (non-hydrogen) atoms. The number of aliphatic hydroxyl groups is 1. The van der Waals surface area contributed by atoms with Gasteiger partial charge in [-0.2, -0.15) is 0 Å². The Morgan fingerprint density at radius 2 is 1.68 bits per heavy atom. The SMILES string of the molecule is CCCCCCCCCCCC(=O)OC(CCO[Si](C)(C)C(C)(C)C)S(=O)(=O)NCCC1=CC(=O)OC1O. The highest BCUT2D eigenvalue weighted by Crippen LogP contribution is 2.36. The third-order valence-corrected chi connectivity index (χ3v) is 13.5. The van der Waals surface area contributed by atoms with Crippen LogP contribution >= 0.6 is 0 Å². The number of carbonyl (C=O) groups excluding carboxylic acids is 2. The first-order chi connectivity index (χ1) is 17.7. The third-order valence-electron chi connectivity index (χ3n) is 7.28. The molecule has 2 N–H and O–H groups in total. The number of esters is 2. The summed E-state index contributed by atoms with van der Waals surface area (Å²) < 4.78 is 44.7. The van der Waals surface area contributed by atoms with Gasteiger partial charge in [-0.15, -0.1) is 0 Å². The van der Waals surface area contributed by atoms with Crippen LogP contribution in [0.15, 0.2) is 11.6 Å². The van der Waals surface area contributed by atoms with Crippen LogP contribution in [0, 0.1) is 0 Å². The molecule has 11 heteroatoms. The fraction of sp³-hybridized carbons (Fsp3) is 0.852. The number of rotatable bonds is 20. The van der Waals surface area contributed by atoms with Crippen LogP contribution < -0.4 is 4.72 Å². The minimum Gasteiger partial charge on any atom is -0.444 e. The first-order valence-corrected chi connectivity index (χ1v) is 18.6. The van der Waals surface area contributed by atoms with Crippen molar-refractivity contribution in [2.24, 2.45) is 0 Å². The van der Waals surface area contributed by atoms with Gasteiger partial charge in [0.05, 0.1) is 0 Å². The van der Waals surface area contributed by atoms with E-state index < -0.39 is 42.0 Å². The molecule has 0 radical (unpaired) electrons. The highest BCUT2D eigenvalue weighted by Gasteiger charge is 2.38. The van der Waals surface area contributed by atoms with Crippen molar-refractivity contribution in [3.63, 3.8) is 0 Å². The number of sulfonamides is 1. The van der Waals surface area contributed by atoms with E-state index in [0.717, 1.165) is 25.3 Å².